The van der Waals surface area contributed by atoms with Gasteiger partial charge >= 0.3 is 0 Å². The first-order chi connectivity index (χ1) is 14.3. The Bertz CT molecular complexity index is 938. The summed E-state index contributed by atoms with van der Waals surface area (Å²) in [7, 11) is 0. The van der Waals surface area contributed by atoms with Crippen LogP contribution in [0.3, 0.4) is 0 Å². The number of benzene rings is 1. The van der Waals surface area contributed by atoms with Crippen LogP contribution in [-0.4, -0.2) is 58.9 Å². The maximum atomic E-state index is 9.80. The first kappa shape index (κ1) is 23.4. The number of nitrogens with zero attached hydrogens (tertiary/aromatic N) is 3. The first-order valence-corrected chi connectivity index (χ1v) is 10.0. The molecule has 30 heavy (non-hydrogen) atoms. The zero-order chi connectivity index (χ0) is 22.3. The summed E-state index contributed by atoms with van der Waals surface area (Å²) >= 11 is 1.19. The van der Waals surface area contributed by atoms with Gasteiger partial charge in [-0.3, -0.25) is 10.9 Å². The molecule has 0 spiro atoms. The Morgan fingerprint density at radius 3 is 2.17 bits per heavy atom. The van der Waals surface area contributed by atoms with Crippen LogP contribution >= 0.6 is 11.3 Å². The van der Waals surface area contributed by atoms with Crippen molar-refractivity contribution in [1.82, 2.24) is 0 Å². The van der Waals surface area contributed by atoms with Gasteiger partial charge in [0.05, 0.1) is 36.7 Å². The van der Waals surface area contributed by atoms with E-state index in [1.807, 2.05) is 13.0 Å². The Morgan fingerprint density at radius 2 is 1.67 bits per heavy atom. The van der Waals surface area contributed by atoms with E-state index in [0.29, 0.717) is 26.7 Å². The molecule has 9 nitrogen and oxygen atoms in total. The van der Waals surface area contributed by atoms with Crippen LogP contribution in [0.15, 0.2) is 18.2 Å². The highest BCUT2D eigenvalue weighted by Gasteiger charge is 2.17. The molecule has 1 aromatic heterocycles. The number of aliphatic hydroxyl groups is 4. The smallest absolute Gasteiger partial charge is 0.127 e. The molecule has 0 saturated carbocycles. The highest BCUT2D eigenvalue weighted by atomic mass is 32.1. The van der Waals surface area contributed by atoms with E-state index in [1.54, 1.807) is 24.0 Å². The van der Waals surface area contributed by atoms with Crippen LogP contribution in [0.1, 0.15) is 21.6 Å². The third-order valence-electron chi connectivity index (χ3n) is 4.53. The SMILES string of the molecule is Cc1cc(N(CC(O)CO)CC(O)CO)ccc1NNc1sc(C#N)c(C)c1C#N. The van der Waals surface area contributed by atoms with Crippen molar-refractivity contribution in [2.24, 2.45) is 0 Å². The van der Waals surface area contributed by atoms with E-state index in [-0.39, 0.29) is 13.1 Å². The minimum absolute atomic E-state index is 0.0922. The van der Waals surface area contributed by atoms with Crippen LogP contribution in [-0.2, 0) is 0 Å². The van der Waals surface area contributed by atoms with E-state index >= 15 is 0 Å². The topological polar surface area (TPSA) is 156 Å². The van der Waals surface area contributed by atoms with Crippen molar-refractivity contribution in [1.29, 1.82) is 10.5 Å². The van der Waals surface area contributed by atoms with Crippen LogP contribution in [0.2, 0.25) is 0 Å². The molecule has 0 aliphatic heterocycles. The molecule has 0 aliphatic rings. The Labute approximate surface area is 179 Å². The lowest BCUT2D eigenvalue weighted by molar-refractivity contribution is 0.0839. The van der Waals surface area contributed by atoms with Gasteiger partial charge in [-0.2, -0.15) is 10.5 Å². The molecule has 2 rings (SSSR count). The van der Waals surface area contributed by atoms with Gasteiger partial charge in [-0.05, 0) is 43.2 Å². The van der Waals surface area contributed by atoms with Crippen LogP contribution in [0.4, 0.5) is 16.4 Å². The van der Waals surface area contributed by atoms with Crippen molar-refractivity contribution in [2.45, 2.75) is 26.1 Å². The number of hydrogen-bond donors (Lipinski definition) is 6. The van der Waals surface area contributed by atoms with Crippen LogP contribution in [0, 0.1) is 36.5 Å². The Morgan fingerprint density at radius 1 is 1.03 bits per heavy atom. The van der Waals surface area contributed by atoms with Crippen molar-refractivity contribution in [3.05, 3.63) is 39.8 Å². The lowest BCUT2D eigenvalue weighted by Gasteiger charge is -2.29. The highest BCUT2D eigenvalue weighted by molar-refractivity contribution is 7.17. The summed E-state index contributed by atoms with van der Waals surface area (Å²) in [4.78, 5) is 2.16. The number of anilines is 3. The standard InChI is InChI=1S/C20H25N5O4S/c1-12-5-14(25(8-15(28)10-26)9-16(29)11-27)3-4-18(12)23-24-20-17(6-21)13(2)19(7-22)30-20/h3-5,15-16,23-24,26-29H,8-11H2,1-2H3. The molecule has 2 aromatic rings. The van der Waals surface area contributed by atoms with Crippen molar-refractivity contribution in [3.8, 4) is 12.1 Å². The molecular weight excluding hydrogens is 406 g/mol. The largest absolute Gasteiger partial charge is 0.394 e. The van der Waals surface area contributed by atoms with Gasteiger partial charge in [0.25, 0.3) is 0 Å². The quantitative estimate of drug-likeness (QED) is 0.303. The second-order valence-corrected chi connectivity index (χ2v) is 7.83. The zero-order valence-corrected chi connectivity index (χ0v) is 17.6. The predicted molar refractivity (Wildman–Crippen MR) is 115 cm³/mol. The Hall–Kier alpha value is -2.86. The van der Waals surface area contributed by atoms with E-state index in [4.69, 9.17) is 15.5 Å². The van der Waals surface area contributed by atoms with Gasteiger partial charge in [0.1, 0.15) is 22.0 Å². The molecule has 0 aliphatic carbocycles. The van der Waals surface area contributed by atoms with E-state index in [9.17, 15) is 15.5 Å². The molecule has 1 heterocycles. The van der Waals surface area contributed by atoms with Crippen LogP contribution in [0.5, 0.6) is 0 Å². The average molecular weight is 432 g/mol. The maximum absolute atomic E-state index is 9.80. The molecular formula is C20H25N5O4S. The van der Waals surface area contributed by atoms with E-state index in [1.165, 1.54) is 11.3 Å². The molecule has 6 N–H and O–H groups in total. The van der Waals surface area contributed by atoms with Crippen LogP contribution < -0.4 is 15.8 Å². The predicted octanol–water partition coefficient (Wildman–Crippen LogP) is 1.06. The van der Waals surface area contributed by atoms with Crippen LogP contribution in [0.25, 0.3) is 0 Å². The highest BCUT2D eigenvalue weighted by Crippen LogP contribution is 2.32. The van der Waals surface area contributed by atoms with E-state index in [0.717, 1.165) is 11.3 Å². The lowest BCUT2D eigenvalue weighted by Crippen LogP contribution is -2.40. The summed E-state index contributed by atoms with van der Waals surface area (Å²) in [6.45, 7) is 2.95. The fraction of sp³-hybridized carbons (Fsp3) is 0.400. The fourth-order valence-corrected chi connectivity index (χ4v) is 3.77. The molecule has 0 bridgehead atoms. The molecule has 0 fully saturated rings. The first-order valence-electron chi connectivity index (χ1n) is 9.23. The molecule has 10 heteroatoms. The Balaban J connectivity index is 2.19. The number of rotatable bonds is 10. The summed E-state index contributed by atoms with van der Waals surface area (Å²) in [5.41, 5.74) is 9.36. The average Bonchev–Trinajstić information content (AvgIpc) is 3.06. The summed E-state index contributed by atoms with van der Waals surface area (Å²) < 4.78 is 0. The van der Waals surface area contributed by atoms with Crippen molar-refractivity contribution in [2.75, 3.05) is 42.1 Å². The van der Waals surface area contributed by atoms with Gasteiger partial charge in [0, 0.05) is 18.8 Å². The summed E-state index contributed by atoms with van der Waals surface area (Å²) in [6, 6.07) is 9.58. The van der Waals surface area contributed by atoms with Gasteiger partial charge in [-0.25, -0.2) is 0 Å². The second-order valence-electron chi connectivity index (χ2n) is 6.81. The monoisotopic (exact) mass is 431 g/mol. The van der Waals surface area contributed by atoms with Gasteiger partial charge in [-0.1, -0.05) is 0 Å². The van der Waals surface area contributed by atoms with E-state index < -0.39 is 25.4 Å². The normalized spacial score (nSPS) is 12.5. The minimum Gasteiger partial charge on any atom is -0.394 e. The third kappa shape index (κ3) is 5.60. The van der Waals surface area contributed by atoms with Gasteiger partial charge in [0.2, 0.25) is 0 Å². The van der Waals surface area contributed by atoms with Gasteiger partial charge in [-0.15, -0.1) is 11.3 Å². The molecule has 0 saturated heterocycles. The van der Waals surface area contributed by atoms with Gasteiger partial charge in [0.15, 0.2) is 0 Å². The lowest BCUT2D eigenvalue weighted by atomic mass is 10.1. The number of aliphatic hydroxyl groups excluding tert-OH is 4. The number of hydrazine groups is 1. The number of aryl methyl sites for hydroxylation is 1. The number of nitriles is 2. The van der Waals surface area contributed by atoms with Gasteiger partial charge < -0.3 is 25.3 Å². The minimum atomic E-state index is -0.989. The third-order valence-corrected chi connectivity index (χ3v) is 5.64. The second kappa shape index (κ2) is 10.8. The molecule has 160 valence electrons. The summed E-state index contributed by atoms with van der Waals surface area (Å²) in [6.07, 6.45) is -1.98. The van der Waals surface area contributed by atoms with Crippen molar-refractivity contribution in [3.63, 3.8) is 0 Å². The summed E-state index contributed by atoms with van der Waals surface area (Å²) in [5, 5.41) is 56.9. The number of hydrogen-bond acceptors (Lipinski definition) is 10. The fourth-order valence-electron chi connectivity index (χ4n) is 2.86. The molecule has 2 atom stereocenters. The number of thiophene rings is 1. The molecule has 0 amide bonds. The zero-order valence-electron chi connectivity index (χ0n) is 16.8. The summed E-state index contributed by atoms with van der Waals surface area (Å²) in [5.74, 6) is 0. The molecule has 0 radical (unpaired) electrons. The molecule has 2 unspecified atom stereocenters. The Kier molecular flexibility index (Phi) is 8.42. The van der Waals surface area contributed by atoms with E-state index in [2.05, 4.69) is 23.0 Å². The number of nitrogens with one attached hydrogen (secondary N) is 2. The maximum Gasteiger partial charge on any atom is 0.127 e. The van der Waals surface area contributed by atoms with Crippen molar-refractivity contribution < 1.29 is 20.4 Å². The van der Waals surface area contributed by atoms with Crippen molar-refractivity contribution >= 4 is 27.7 Å². The molecule has 1 aromatic carbocycles.